The van der Waals surface area contributed by atoms with Crippen LogP contribution in [0.25, 0.3) is 11.5 Å². The summed E-state index contributed by atoms with van der Waals surface area (Å²) in [6.07, 6.45) is 0. The van der Waals surface area contributed by atoms with E-state index in [1.165, 1.54) is 0 Å². The van der Waals surface area contributed by atoms with Gasteiger partial charge in [0, 0.05) is 21.2 Å². The Morgan fingerprint density at radius 3 is 1.09 bits per heavy atom. The molecule has 0 aliphatic rings. The summed E-state index contributed by atoms with van der Waals surface area (Å²) in [6, 6.07) is 30.6. The second-order valence-corrected chi connectivity index (χ2v) is 8.06. The Morgan fingerprint density at radius 1 is 0.441 bits per heavy atom. The lowest BCUT2D eigenvalue weighted by Gasteiger charge is -2.16. The molecule has 4 rings (SSSR count). The zero-order valence-electron chi connectivity index (χ0n) is 17.8. The predicted octanol–water partition coefficient (Wildman–Crippen LogP) is 7.53. The van der Waals surface area contributed by atoms with Gasteiger partial charge in [-0.15, -0.1) is 0 Å². The number of carbonyl (C=O) groups is 2. The van der Waals surface area contributed by atoms with E-state index in [1.807, 2.05) is 12.1 Å². The summed E-state index contributed by atoms with van der Waals surface area (Å²) in [5.41, 5.74) is 1.73. The second kappa shape index (κ2) is 10.8. The maximum absolute atomic E-state index is 13.0. The molecule has 0 saturated carbocycles. The van der Waals surface area contributed by atoms with Crippen LogP contribution in [0.1, 0.15) is 31.8 Å². The van der Waals surface area contributed by atoms with Crippen LogP contribution in [0, 0.1) is 0 Å². The zero-order chi connectivity index (χ0) is 23.9. The van der Waals surface area contributed by atoms with Crippen molar-refractivity contribution >= 4 is 46.7 Å². The fraction of sp³-hybridized carbons (Fsp3) is 0. The van der Waals surface area contributed by atoms with Crippen molar-refractivity contribution in [3.63, 3.8) is 0 Å². The standard InChI is InChI=1S/C28H18Cl2O4/c29-23-15-11-21(12-16-23)27(31)33-25(19-7-3-1-4-8-19)26(20-9-5-2-6-10-20)34-28(32)22-13-17-24(30)18-14-22/h1-18H/b26-25+. The van der Waals surface area contributed by atoms with Crippen molar-refractivity contribution in [2.75, 3.05) is 0 Å². The minimum Gasteiger partial charge on any atom is -0.418 e. The van der Waals surface area contributed by atoms with Gasteiger partial charge in [0.2, 0.25) is 0 Å². The summed E-state index contributed by atoms with van der Waals surface area (Å²) < 4.78 is 11.7. The molecule has 4 aromatic carbocycles. The van der Waals surface area contributed by atoms with Gasteiger partial charge in [-0.3, -0.25) is 0 Å². The van der Waals surface area contributed by atoms with E-state index in [-0.39, 0.29) is 11.5 Å². The van der Waals surface area contributed by atoms with E-state index in [1.54, 1.807) is 97.1 Å². The number of carbonyl (C=O) groups excluding carboxylic acids is 2. The van der Waals surface area contributed by atoms with Crippen LogP contribution in [0.4, 0.5) is 0 Å². The normalized spacial score (nSPS) is 11.4. The first-order valence-corrected chi connectivity index (χ1v) is 11.1. The van der Waals surface area contributed by atoms with Crippen LogP contribution in [-0.4, -0.2) is 11.9 Å². The van der Waals surface area contributed by atoms with Gasteiger partial charge in [-0.2, -0.15) is 0 Å². The summed E-state index contributed by atoms with van der Waals surface area (Å²) in [7, 11) is 0. The number of rotatable bonds is 6. The zero-order valence-corrected chi connectivity index (χ0v) is 19.3. The molecule has 0 bridgehead atoms. The first-order chi connectivity index (χ1) is 16.5. The van der Waals surface area contributed by atoms with E-state index in [9.17, 15) is 9.59 Å². The highest BCUT2D eigenvalue weighted by molar-refractivity contribution is 6.31. The van der Waals surface area contributed by atoms with Crippen molar-refractivity contribution in [2.24, 2.45) is 0 Å². The van der Waals surface area contributed by atoms with Crippen LogP contribution in [0.2, 0.25) is 10.0 Å². The van der Waals surface area contributed by atoms with Gasteiger partial charge < -0.3 is 9.47 Å². The molecule has 0 aromatic heterocycles. The van der Waals surface area contributed by atoms with Gasteiger partial charge in [-0.05, 0) is 48.5 Å². The minimum absolute atomic E-state index is 0.106. The van der Waals surface area contributed by atoms with Gasteiger partial charge in [-0.1, -0.05) is 83.9 Å². The van der Waals surface area contributed by atoms with Crippen molar-refractivity contribution in [3.8, 4) is 0 Å². The molecule has 0 fully saturated rings. The lowest BCUT2D eigenvalue weighted by molar-refractivity contribution is 0.0647. The Morgan fingerprint density at radius 2 is 0.765 bits per heavy atom. The third kappa shape index (κ3) is 5.73. The van der Waals surface area contributed by atoms with Gasteiger partial charge in [0.05, 0.1) is 11.1 Å². The molecular weight excluding hydrogens is 471 g/mol. The van der Waals surface area contributed by atoms with Crippen LogP contribution < -0.4 is 0 Å². The van der Waals surface area contributed by atoms with Gasteiger partial charge in [0.1, 0.15) is 0 Å². The highest BCUT2D eigenvalue weighted by Crippen LogP contribution is 2.31. The van der Waals surface area contributed by atoms with Crippen LogP contribution >= 0.6 is 23.2 Å². The average molecular weight is 489 g/mol. The smallest absolute Gasteiger partial charge is 0.343 e. The fourth-order valence-corrected chi connectivity index (χ4v) is 3.38. The Labute approximate surface area is 207 Å². The first-order valence-electron chi connectivity index (χ1n) is 10.3. The summed E-state index contributed by atoms with van der Waals surface area (Å²) in [6.45, 7) is 0. The topological polar surface area (TPSA) is 52.6 Å². The number of esters is 2. The molecule has 0 aliphatic carbocycles. The molecule has 0 saturated heterocycles. The quantitative estimate of drug-likeness (QED) is 0.160. The van der Waals surface area contributed by atoms with Crippen molar-refractivity contribution in [2.45, 2.75) is 0 Å². The summed E-state index contributed by atoms with van der Waals surface area (Å²) >= 11 is 11.9. The summed E-state index contributed by atoms with van der Waals surface area (Å²) in [5.74, 6) is -1.03. The third-order valence-corrected chi connectivity index (χ3v) is 5.33. The molecule has 6 heteroatoms. The third-order valence-electron chi connectivity index (χ3n) is 4.83. The van der Waals surface area contributed by atoms with E-state index >= 15 is 0 Å². The van der Waals surface area contributed by atoms with Gasteiger partial charge in [0.25, 0.3) is 0 Å². The highest BCUT2D eigenvalue weighted by Gasteiger charge is 2.22. The Bertz CT molecular complexity index is 1210. The fourth-order valence-electron chi connectivity index (χ4n) is 3.13. The molecule has 0 aliphatic heterocycles. The molecule has 0 atom stereocenters. The summed E-state index contributed by atoms with van der Waals surface area (Å²) in [5, 5.41) is 0.995. The number of halogens is 2. The number of ether oxygens (including phenoxy) is 2. The Kier molecular flexibility index (Phi) is 7.43. The monoisotopic (exact) mass is 488 g/mol. The first kappa shape index (κ1) is 23.3. The van der Waals surface area contributed by atoms with E-state index in [2.05, 4.69) is 0 Å². The van der Waals surface area contributed by atoms with Crippen molar-refractivity contribution in [3.05, 3.63) is 141 Å². The van der Waals surface area contributed by atoms with Crippen molar-refractivity contribution in [1.82, 2.24) is 0 Å². The van der Waals surface area contributed by atoms with Crippen LogP contribution in [-0.2, 0) is 9.47 Å². The number of hydrogen-bond acceptors (Lipinski definition) is 4. The molecule has 4 nitrogen and oxygen atoms in total. The Hall–Kier alpha value is -3.86. The van der Waals surface area contributed by atoms with Crippen LogP contribution in [0.15, 0.2) is 109 Å². The molecular formula is C28H18Cl2O4. The lowest BCUT2D eigenvalue weighted by Crippen LogP contribution is -2.11. The molecule has 0 N–H and O–H groups in total. The minimum atomic E-state index is -0.619. The summed E-state index contributed by atoms with van der Waals surface area (Å²) in [4.78, 5) is 26.0. The van der Waals surface area contributed by atoms with Crippen LogP contribution in [0.5, 0.6) is 0 Å². The van der Waals surface area contributed by atoms with Gasteiger partial charge in [-0.25, -0.2) is 9.59 Å². The number of benzene rings is 4. The molecule has 0 unspecified atom stereocenters. The SMILES string of the molecule is O=C(O/C(=C(/OC(=O)c1ccc(Cl)cc1)c1ccccc1)c1ccccc1)c1ccc(Cl)cc1. The van der Waals surface area contributed by atoms with E-state index in [4.69, 9.17) is 32.7 Å². The highest BCUT2D eigenvalue weighted by atomic mass is 35.5. The van der Waals surface area contributed by atoms with Crippen molar-refractivity contribution in [1.29, 1.82) is 0 Å². The van der Waals surface area contributed by atoms with Gasteiger partial charge >= 0.3 is 11.9 Å². The molecule has 0 heterocycles. The van der Waals surface area contributed by atoms with Crippen LogP contribution in [0.3, 0.4) is 0 Å². The average Bonchev–Trinajstić information content (AvgIpc) is 2.87. The molecule has 0 radical (unpaired) electrons. The molecule has 168 valence electrons. The van der Waals surface area contributed by atoms with Gasteiger partial charge in [0.15, 0.2) is 11.5 Å². The second-order valence-electron chi connectivity index (χ2n) is 7.18. The lowest BCUT2D eigenvalue weighted by atomic mass is 10.1. The largest absolute Gasteiger partial charge is 0.418 e. The molecule has 34 heavy (non-hydrogen) atoms. The maximum Gasteiger partial charge on any atom is 0.343 e. The molecule has 4 aromatic rings. The van der Waals surface area contributed by atoms with Crippen molar-refractivity contribution < 1.29 is 19.1 Å². The predicted molar refractivity (Wildman–Crippen MR) is 133 cm³/mol. The Balaban J connectivity index is 1.81. The number of hydrogen-bond donors (Lipinski definition) is 0. The molecule has 0 amide bonds. The van der Waals surface area contributed by atoms with E-state index < -0.39 is 11.9 Å². The maximum atomic E-state index is 13.0. The van der Waals surface area contributed by atoms with E-state index in [0.29, 0.717) is 32.3 Å². The molecule has 0 spiro atoms. The van der Waals surface area contributed by atoms with E-state index in [0.717, 1.165) is 0 Å².